The maximum absolute atomic E-state index is 11.9. The minimum atomic E-state index is -0.578. The first-order chi connectivity index (χ1) is 11.5. The SMILES string of the molecule is O=C(COC(=O)CCC(=O)c1ccccc1)Nc1ccc(Br)cc1. The Balaban J connectivity index is 1.70. The van der Waals surface area contributed by atoms with Crippen LogP contribution in [-0.2, 0) is 14.3 Å². The Labute approximate surface area is 148 Å². The number of benzene rings is 2. The van der Waals surface area contributed by atoms with Crippen LogP contribution in [0.25, 0.3) is 0 Å². The van der Waals surface area contributed by atoms with Gasteiger partial charge in [-0.15, -0.1) is 0 Å². The second-order valence-corrected chi connectivity index (χ2v) is 5.92. The maximum atomic E-state index is 11.9. The molecule has 0 aliphatic carbocycles. The van der Waals surface area contributed by atoms with E-state index in [4.69, 9.17) is 4.74 Å². The summed E-state index contributed by atoms with van der Waals surface area (Å²) in [6.45, 7) is -0.381. The Kier molecular flexibility index (Phi) is 6.69. The average molecular weight is 390 g/mol. The molecule has 5 nitrogen and oxygen atoms in total. The normalized spacial score (nSPS) is 10.0. The van der Waals surface area contributed by atoms with Crippen molar-refractivity contribution in [1.29, 1.82) is 0 Å². The van der Waals surface area contributed by atoms with Crippen molar-refractivity contribution in [3.63, 3.8) is 0 Å². The van der Waals surface area contributed by atoms with E-state index in [-0.39, 0.29) is 25.2 Å². The van der Waals surface area contributed by atoms with Crippen LogP contribution in [0.5, 0.6) is 0 Å². The van der Waals surface area contributed by atoms with Crippen LogP contribution in [0.3, 0.4) is 0 Å². The van der Waals surface area contributed by atoms with E-state index in [1.54, 1.807) is 48.5 Å². The molecular weight excluding hydrogens is 374 g/mol. The highest BCUT2D eigenvalue weighted by Gasteiger charge is 2.11. The Bertz CT molecular complexity index is 714. The van der Waals surface area contributed by atoms with Crippen molar-refractivity contribution in [2.45, 2.75) is 12.8 Å². The van der Waals surface area contributed by atoms with E-state index >= 15 is 0 Å². The number of carbonyl (C=O) groups is 3. The highest BCUT2D eigenvalue weighted by molar-refractivity contribution is 9.10. The number of hydrogen-bond donors (Lipinski definition) is 1. The molecule has 1 amide bonds. The van der Waals surface area contributed by atoms with E-state index < -0.39 is 11.9 Å². The second kappa shape index (κ2) is 8.98. The largest absolute Gasteiger partial charge is 0.456 e. The summed E-state index contributed by atoms with van der Waals surface area (Å²) in [4.78, 5) is 35.2. The predicted molar refractivity (Wildman–Crippen MR) is 93.7 cm³/mol. The number of anilines is 1. The van der Waals surface area contributed by atoms with E-state index in [0.29, 0.717) is 11.3 Å². The third-order valence-corrected chi connectivity index (χ3v) is 3.67. The zero-order valence-corrected chi connectivity index (χ0v) is 14.4. The molecule has 0 saturated heterocycles. The summed E-state index contributed by atoms with van der Waals surface area (Å²) >= 11 is 3.30. The molecule has 0 aliphatic heterocycles. The van der Waals surface area contributed by atoms with Gasteiger partial charge in [0.2, 0.25) is 0 Å². The maximum Gasteiger partial charge on any atom is 0.306 e. The van der Waals surface area contributed by atoms with Gasteiger partial charge in [0.15, 0.2) is 12.4 Å². The first-order valence-electron chi connectivity index (χ1n) is 7.34. The van der Waals surface area contributed by atoms with Crippen molar-refractivity contribution in [3.8, 4) is 0 Å². The average Bonchev–Trinajstić information content (AvgIpc) is 2.60. The molecule has 0 heterocycles. The summed E-state index contributed by atoms with van der Waals surface area (Å²) < 4.78 is 5.77. The molecule has 24 heavy (non-hydrogen) atoms. The van der Waals surface area contributed by atoms with Gasteiger partial charge in [0.1, 0.15) is 0 Å². The summed E-state index contributed by atoms with van der Waals surface area (Å²) in [6.07, 6.45) is -0.00350. The van der Waals surface area contributed by atoms with Crippen LogP contribution in [0.1, 0.15) is 23.2 Å². The standard InChI is InChI=1S/C18H16BrNO4/c19-14-6-8-15(9-7-14)20-17(22)12-24-18(23)11-10-16(21)13-4-2-1-3-5-13/h1-9H,10-12H2,(H,20,22). The molecule has 0 spiro atoms. The number of ketones is 1. The Morgan fingerprint density at radius 2 is 1.58 bits per heavy atom. The number of hydrogen-bond acceptors (Lipinski definition) is 4. The topological polar surface area (TPSA) is 72.5 Å². The van der Waals surface area contributed by atoms with Gasteiger partial charge in [-0.25, -0.2) is 0 Å². The highest BCUT2D eigenvalue weighted by Crippen LogP contribution is 2.14. The van der Waals surface area contributed by atoms with Crippen molar-refractivity contribution in [2.75, 3.05) is 11.9 Å². The molecule has 0 atom stereocenters. The van der Waals surface area contributed by atoms with Gasteiger partial charge in [0, 0.05) is 22.1 Å². The first-order valence-corrected chi connectivity index (χ1v) is 8.13. The zero-order chi connectivity index (χ0) is 17.4. The Morgan fingerprint density at radius 1 is 0.917 bits per heavy atom. The van der Waals surface area contributed by atoms with Gasteiger partial charge in [-0.1, -0.05) is 46.3 Å². The molecule has 0 bridgehead atoms. The summed E-state index contributed by atoms with van der Waals surface area (Å²) in [5.74, 6) is -1.14. The lowest BCUT2D eigenvalue weighted by Crippen LogP contribution is -2.21. The molecule has 1 N–H and O–H groups in total. The van der Waals surface area contributed by atoms with E-state index in [1.807, 2.05) is 6.07 Å². The molecule has 2 rings (SSSR count). The molecule has 0 radical (unpaired) electrons. The smallest absolute Gasteiger partial charge is 0.306 e. The monoisotopic (exact) mass is 389 g/mol. The van der Waals surface area contributed by atoms with E-state index in [1.165, 1.54) is 0 Å². The Hall–Kier alpha value is -2.47. The van der Waals surface area contributed by atoms with E-state index in [9.17, 15) is 14.4 Å². The van der Waals surface area contributed by atoms with Gasteiger partial charge < -0.3 is 10.1 Å². The number of ether oxygens (including phenoxy) is 1. The minimum absolute atomic E-state index is 0.0528. The van der Waals surface area contributed by atoms with Crippen molar-refractivity contribution >= 4 is 39.3 Å². The molecule has 0 aromatic heterocycles. The molecule has 0 saturated carbocycles. The summed E-state index contributed by atoms with van der Waals surface area (Å²) in [6, 6.07) is 15.8. The quantitative estimate of drug-likeness (QED) is 0.579. The number of carbonyl (C=O) groups excluding carboxylic acids is 3. The van der Waals surface area contributed by atoms with Gasteiger partial charge >= 0.3 is 5.97 Å². The molecule has 6 heteroatoms. The van der Waals surface area contributed by atoms with E-state index in [0.717, 1.165) is 4.47 Å². The number of nitrogens with one attached hydrogen (secondary N) is 1. The van der Waals surface area contributed by atoms with E-state index in [2.05, 4.69) is 21.2 Å². The Morgan fingerprint density at radius 3 is 2.25 bits per heavy atom. The van der Waals surface area contributed by atoms with Crippen LogP contribution in [0.4, 0.5) is 5.69 Å². The number of halogens is 1. The van der Waals surface area contributed by atoms with Gasteiger partial charge in [0.25, 0.3) is 5.91 Å². The molecule has 2 aromatic rings. The lowest BCUT2D eigenvalue weighted by atomic mass is 10.1. The molecule has 2 aromatic carbocycles. The van der Waals surface area contributed by atoms with Gasteiger partial charge in [0.05, 0.1) is 6.42 Å². The molecule has 0 unspecified atom stereocenters. The molecule has 0 aliphatic rings. The third kappa shape index (κ3) is 5.96. The van der Waals surface area contributed by atoms with Crippen molar-refractivity contribution < 1.29 is 19.1 Å². The van der Waals surface area contributed by atoms with Gasteiger partial charge in [-0.2, -0.15) is 0 Å². The lowest BCUT2D eigenvalue weighted by Gasteiger charge is -2.06. The number of amides is 1. The molecule has 124 valence electrons. The minimum Gasteiger partial charge on any atom is -0.456 e. The van der Waals surface area contributed by atoms with Crippen LogP contribution in [0.2, 0.25) is 0 Å². The second-order valence-electron chi connectivity index (χ2n) is 5.00. The highest BCUT2D eigenvalue weighted by atomic mass is 79.9. The third-order valence-electron chi connectivity index (χ3n) is 3.14. The summed E-state index contributed by atoms with van der Waals surface area (Å²) in [5, 5.41) is 2.61. The van der Waals surface area contributed by atoms with Crippen LogP contribution in [0.15, 0.2) is 59.1 Å². The van der Waals surface area contributed by atoms with Crippen molar-refractivity contribution in [2.24, 2.45) is 0 Å². The predicted octanol–water partition coefficient (Wildman–Crippen LogP) is 3.59. The fraction of sp³-hybridized carbons (Fsp3) is 0.167. The number of Topliss-reactive ketones (excluding diaryl/α,β-unsaturated/α-hetero) is 1. The first kappa shape index (κ1) is 17.9. The molecule has 0 fully saturated rings. The van der Waals surface area contributed by atoms with Crippen molar-refractivity contribution in [3.05, 3.63) is 64.6 Å². The van der Waals surface area contributed by atoms with Crippen LogP contribution in [0, 0.1) is 0 Å². The van der Waals surface area contributed by atoms with Gasteiger partial charge in [-0.05, 0) is 24.3 Å². The van der Waals surface area contributed by atoms with Crippen molar-refractivity contribution in [1.82, 2.24) is 0 Å². The number of rotatable bonds is 7. The zero-order valence-electron chi connectivity index (χ0n) is 12.8. The lowest BCUT2D eigenvalue weighted by molar-refractivity contribution is -0.147. The fourth-order valence-electron chi connectivity index (χ4n) is 1.93. The van der Waals surface area contributed by atoms with Crippen LogP contribution in [-0.4, -0.2) is 24.3 Å². The summed E-state index contributed by atoms with van der Waals surface area (Å²) in [7, 11) is 0. The van der Waals surface area contributed by atoms with Gasteiger partial charge in [-0.3, -0.25) is 14.4 Å². The number of esters is 1. The van der Waals surface area contributed by atoms with Crippen LogP contribution < -0.4 is 5.32 Å². The summed E-state index contributed by atoms with van der Waals surface area (Å²) in [5.41, 5.74) is 1.16. The molecular formula is C18H16BrNO4. The van der Waals surface area contributed by atoms with Crippen LogP contribution >= 0.6 is 15.9 Å². The fourth-order valence-corrected chi connectivity index (χ4v) is 2.20.